The van der Waals surface area contributed by atoms with Crippen molar-refractivity contribution in [2.75, 3.05) is 18.6 Å². The number of ether oxygens (including phenoxy) is 1. The number of nitrogens with one attached hydrogen (secondary N) is 1. The number of hydrogen-bond acceptors (Lipinski definition) is 3. The Morgan fingerprint density at radius 2 is 1.94 bits per heavy atom. The monoisotopic (exact) mass is 248 g/mol. The summed E-state index contributed by atoms with van der Waals surface area (Å²) in [5.74, 6) is -0.249. The predicted octanol–water partition coefficient (Wildman–Crippen LogP) is 1.46. The van der Waals surface area contributed by atoms with E-state index in [4.69, 9.17) is 4.74 Å². The summed E-state index contributed by atoms with van der Waals surface area (Å²) in [5.41, 5.74) is 1.66. The van der Waals surface area contributed by atoms with E-state index < -0.39 is 6.03 Å². The number of anilines is 1. The number of nitrogens with zero attached hydrogens (tertiary/aromatic N) is 1. The van der Waals surface area contributed by atoms with Crippen LogP contribution in [0.25, 0.3) is 0 Å². The van der Waals surface area contributed by atoms with Crippen molar-refractivity contribution in [3.8, 4) is 0 Å². The van der Waals surface area contributed by atoms with Gasteiger partial charge in [0.15, 0.2) is 0 Å². The Balaban J connectivity index is 2.27. The highest BCUT2D eigenvalue weighted by atomic mass is 16.5. The first-order valence-electron chi connectivity index (χ1n) is 5.82. The zero-order chi connectivity index (χ0) is 13.1. The summed E-state index contributed by atoms with van der Waals surface area (Å²) in [6.07, 6.45) is -0.0692. The van der Waals surface area contributed by atoms with Crippen LogP contribution in [0.1, 0.15) is 12.0 Å². The van der Waals surface area contributed by atoms with E-state index in [0.717, 1.165) is 5.56 Å². The number of urea groups is 1. The Labute approximate surface area is 106 Å². The molecule has 5 heteroatoms. The summed E-state index contributed by atoms with van der Waals surface area (Å²) < 4.78 is 5.13. The van der Waals surface area contributed by atoms with Gasteiger partial charge in [-0.3, -0.25) is 4.79 Å². The molecular formula is C13H16N2O3. The van der Waals surface area contributed by atoms with Crippen molar-refractivity contribution < 1.29 is 14.3 Å². The molecule has 5 nitrogen and oxygen atoms in total. The van der Waals surface area contributed by atoms with E-state index in [-0.39, 0.29) is 18.4 Å². The van der Waals surface area contributed by atoms with E-state index >= 15 is 0 Å². The van der Waals surface area contributed by atoms with Crippen molar-refractivity contribution in [1.82, 2.24) is 5.32 Å². The Hall–Kier alpha value is -1.88. The van der Waals surface area contributed by atoms with Crippen molar-refractivity contribution in [1.29, 1.82) is 0 Å². The Bertz CT molecular complexity index is 456. The highest BCUT2D eigenvalue weighted by Crippen LogP contribution is 2.19. The van der Waals surface area contributed by atoms with Gasteiger partial charge in [-0.05, 0) is 19.1 Å². The Morgan fingerprint density at radius 1 is 1.28 bits per heavy atom. The molecule has 1 fully saturated rings. The van der Waals surface area contributed by atoms with Gasteiger partial charge < -0.3 is 10.1 Å². The summed E-state index contributed by atoms with van der Waals surface area (Å²) in [6.45, 7) is 2.30. The lowest BCUT2D eigenvalue weighted by Gasteiger charge is -2.18. The quantitative estimate of drug-likeness (QED) is 0.862. The molecule has 1 aliphatic heterocycles. The second-order valence-corrected chi connectivity index (χ2v) is 4.31. The molecule has 0 aromatic heterocycles. The third-order valence-corrected chi connectivity index (χ3v) is 2.96. The van der Waals surface area contributed by atoms with E-state index in [1.165, 1.54) is 12.0 Å². The number of imide groups is 1. The average molecular weight is 248 g/mol. The van der Waals surface area contributed by atoms with E-state index in [1.54, 1.807) is 12.1 Å². The topological polar surface area (TPSA) is 58.6 Å². The van der Waals surface area contributed by atoms with Crippen molar-refractivity contribution in [3.05, 3.63) is 29.8 Å². The summed E-state index contributed by atoms with van der Waals surface area (Å²) in [5, 5.41) is 2.68. The molecule has 3 amide bonds. The Kier molecular flexibility index (Phi) is 3.62. The second kappa shape index (κ2) is 5.18. The minimum atomic E-state index is -0.400. The normalized spacial score (nSPS) is 20.6. The molecule has 1 aromatic carbocycles. The third kappa shape index (κ3) is 2.51. The van der Waals surface area contributed by atoms with Gasteiger partial charge >= 0.3 is 6.03 Å². The van der Waals surface area contributed by atoms with E-state index in [9.17, 15) is 9.59 Å². The maximum Gasteiger partial charge on any atom is 0.328 e. The molecule has 2 rings (SSSR count). The van der Waals surface area contributed by atoms with Crippen molar-refractivity contribution in [2.24, 2.45) is 0 Å². The van der Waals surface area contributed by atoms with Crippen LogP contribution in [0.4, 0.5) is 10.5 Å². The number of carbonyl (C=O) groups is 2. The van der Waals surface area contributed by atoms with Crippen molar-refractivity contribution in [3.63, 3.8) is 0 Å². The number of rotatable bonds is 2. The summed E-state index contributed by atoms with van der Waals surface area (Å²) in [6, 6.07) is 6.87. The molecule has 96 valence electrons. The molecule has 0 spiro atoms. The molecule has 1 aromatic rings. The molecule has 0 aliphatic carbocycles. The van der Waals surface area contributed by atoms with Crippen LogP contribution in [0.15, 0.2) is 24.3 Å². The van der Waals surface area contributed by atoms with Crippen LogP contribution in [0, 0.1) is 6.92 Å². The van der Waals surface area contributed by atoms with E-state index in [0.29, 0.717) is 12.2 Å². The molecule has 1 unspecified atom stereocenters. The zero-order valence-corrected chi connectivity index (χ0v) is 10.5. The molecule has 18 heavy (non-hydrogen) atoms. The second-order valence-electron chi connectivity index (χ2n) is 4.31. The average Bonchev–Trinajstić information content (AvgIpc) is 2.50. The summed E-state index contributed by atoms with van der Waals surface area (Å²) in [4.78, 5) is 25.1. The van der Waals surface area contributed by atoms with Gasteiger partial charge in [-0.1, -0.05) is 17.7 Å². The van der Waals surface area contributed by atoms with Crippen LogP contribution in [-0.4, -0.2) is 31.7 Å². The van der Waals surface area contributed by atoms with Gasteiger partial charge in [0.05, 0.1) is 18.2 Å². The third-order valence-electron chi connectivity index (χ3n) is 2.96. The number of carbonyl (C=O) groups excluding carboxylic acids is 2. The highest BCUT2D eigenvalue weighted by molar-refractivity contribution is 6.14. The van der Waals surface area contributed by atoms with E-state index in [1.807, 2.05) is 19.1 Å². The van der Waals surface area contributed by atoms with Gasteiger partial charge in [0.2, 0.25) is 5.91 Å². The van der Waals surface area contributed by atoms with Crippen LogP contribution in [0.2, 0.25) is 0 Å². The maximum atomic E-state index is 12.1. The Morgan fingerprint density at radius 3 is 2.56 bits per heavy atom. The molecule has 1 aliphatic rings. The van der Waals surface area contributed by atoms with Crippen LogP contribution < -0.4 is 10.2 Å². The highest BCUT2D eigenvalue weighted by Gasteiger charge is 2.29. The van der Waals surface area contributed by atoms with Crippen molar-refractivity contribution in [2.45, 2.75) is 19.4 Å². The smallest absolute Gasteiger partial charge is 0.328 e. The van der Waals surface area contributed by atoms with Gasteiger partial charge in [0.25, 0.3) is 0 Å². The van der Waals surface area contributed by atoms with Gasteiger partial charge in [0.1, 0.15) is 0 Å². The maximum absolute atomic E-state index is 12.1. The van der Waals surface area contributed by atoms with Crippen LogP contribution >= 0.6 is 0 Å². The minimum absolute atomic E-state index is 0.198. The molecular weight excluding hydrogens is 232 g/mol. The fourth-order valence-corrected chi connectivity index (χ4v) is 1.87. The lowest BCUT2D eigenvalue weighted by molar-refractivity contribution is -0.119. The first-order chi connectivity index (χ1) is 8.61. The molecule has 0 bridgehead atoms. The van der Waals surface area contributed by atoms with Crippen LogP contribution in [-0.2, 0) is 9.53 Å². The molecule has 1 atom stereocenters. The predicted molar refractivity (Wildman–Crippen MR) is 67.5 cm³/mol. The fraction of sp³-hybridized carbons (Fsp3) is 0.385. The van der Waals surface area contributed by atoms with Crippen molar-refractivity contribution >= 4 is 17.6 Å². The number of amides is 3. The lowest BCUT2D eigenvalue weighted by atomic mass is 10.2. The zero-order valence-electron chi connectivity index (χ0n) is 10.5. The molecule has 1 saturated heterocycles. The van der Waals surface area contributed by atoms with Gasteiger partial charge in [-0.15, -0.1) is 0 Å². The van der Waals surface area contributed by atoms with Crippen LogP contribution in [0.3, 0.4) is 0 Å². The minimum Gasteiger partial charge on any atom is -0.379 e. The number of hydrogen-bond donors (Lipinski definition) is 1. The largest absolute Gasteiger partial charge is 0.379 e. The molecule has 1 N–H and O–H groups in total. The number of benzene rings is 1. The standard InChI is InChI=1S/C13H16N2O3/c1-9-3-5-10(6-4-9)15-12(16)7-11(18-2)8-14-13(15)17/h3-6,11H,7-8H2,1-2H3,(H,14,17). The first kappa shape index (κ1) is 12.6. The van der Waals surface area contributed by atoms with Gasteiger partial charge in [0, 0.05) is 13.7 Å². The van der Waals surface area contributed by atoms with Gasteiger partial charge in [-0.25, -0.2) is 9.69 Å². The SMILES string of the molecule is COC1CNC(=O)N(c2ccc(C)cc2)C(=O)C1. The van der Waals surface area contributed by atoms with Crippen LogP contribution in [0.5, 0.6) is 0 Å². The number of methoxy groups -OCH3 is 1. The molecule has 1 heterocycles. The lowest BCUT2D eigenvalue weighted by Crippen LogP contribution is -2.41. The van der Waals surface area contributed by atoms with Gasteiger partial charge in [-0.2, -0.15) is 0 Å². The molecule has 0 radical (unpaired) electrons. The summed E-state index contributed by atoms with van der Waals surface area (Å²) >= 11 is 0. The fourth-order valence-electron chi connectivity index (χ4n) is 1.87. The van der Waals surface area contributed by atoms with E-state index in [2.05, 4.69) is 5.32 Å². The number of aryl methyl sites for hydroxylation is 1. The first-order valence-corrected chi connectivity index (χ1v) is 5.82. The molecule has 0 saturated carbocycles. The summed E-state index contributed by atoms with van der Waals surface area (Å²) in [7, 11) is 1.53.